The molecule has 6 rings (SSSR count). The molecule has 2 heteroatoms. The highest BCUT2D eigenvalue weighted by Crippen LogP contribution is 2.50. The van der Waals surface area contributed by atoms with Crippen molar-refractivity contribution in [2.24, 2.45) is 0 Å². The molecule has 178 valence electrons. The number of aromatic nitrogens is 1. The minimum atomic E-state index is -0.520. The van der Waals surface area contributed by atoms with Crippen LogP contribution in [-0.4, -0.2) is 4.98 Å². The minimum absolute atomic E-state index is 0.0802. The van der Waals surface area contributed by atoms with E-state index < -0.39 is 5.41 Å². The maximum absolute atomic E-state index is 9.38. The summed E-state index contributed by atoms with van der Waals surface area (Å²) in [5, 5.41) is 3.17. The van der Waals surface area contributed by atoms with E-state index in [2.05, 4.69) is 45.9 Å². The van der Waals surface area contributed by atoms with Gasteiger partial charge in [0, 0.05) is 27.2 Å². The van der Waals surface area contributed by atoms with Crippen LogP contribution in [0.2, 0.25) is 0 Å². The molecule has 0 atom stereocenters. The van der Waals surface area contributed by atoms with Gasteiger partial charge >= 0.3 is 0 Å². The molecule has 1 nitrogen and oxygen atoms in total. The summed E-state index contributed by atoms with van der Waals surface area (Å²) in [6.07, 6.45) is 4.10. The number of benzene rings is 3. The van der Waals surface area contributed by atoms with Gasteiger partial charge in [-0.3, -0.25) is 4.98 Å². The lowest BCUT2D eigenvalue weighted by Crippen LogP contribution is -2.33. The van der Waals surface area contributed by atoms with E-state index in [1.165, 1.54) is 21.2 Å². The Morgan fingerprint density at radius 2 is 1.57 bits per heavy atom. The molecule has 1 aliphatic carbocycles. The lowest BCUT2D eigenvalue weighted by atomic mass is 9.63. The molecule has 0 bridgehead atoms. The summed E-state index contributed by atoms with van der Waals surface area (Å²) >= 11 is 1.70. The van der Waals surface area contributed by atoms with Crippen LogP contribution in [0.15, 0.2) is 60.7 Å². The number of thiophene rings is 1. The van der Waals surface area contributed by atoms with E-state index in [-0.39, 0.29) is 41.0 Å². The molecule has 1 aliphatic rings. The van der Waals surface area contributed by atoms with Crippen LogP contribution in [0.4, 0.5) is 0 Å². The molecule has 3 aromatic carbocycles. The van der Waals surface area contributed by atoms with Gasteiger partial charge in [-0.15, -0.1) is 11.3 Å². The Bertz CT molecular complexity index is 1890. The molecule has 2 aromatic heterocycles. The fourth-order valence-corrected chi connectivity index (χ4v) is 6.87. The van der Waals surface area contributed by atoms with Crippen molar-refractivity contribution < 1.29 is 6.85 Å². The highest BCUT2D eigenvalue weighted by atomic mass is 32.1. The molecule has 0 aliphatic heterocycles. The number of hydrogen-bond acceptors (Lipinski definition) is 2. The van der Waals surface area contributed by atoms with Crippen LogP contribution in [0, 0.1) is 0 Å². The molecular formula is C33H35NS. The standard InChI is InChI=1S/C33H35NS/c1-31(2,3)25-17-21(16-20-10-8-9-11-22(20)25)29-30-23(12-15-34-29)24-18-26-27(19-28(24)35-30)33(6,7)14-13-32(26,4)5/h8-12,15-19H,13-14H2,1-7H3/i8D,9D,10D,11D,17D. The van der Waals surface area contributed by atoms with E-state index >= 15 is 0 Å². The van der Waals surface area contributed by atoms with Gasteiger partial charge in [-0.1, -0.05) is 72.6 Å². The van der Waals surface area contributed by atoms with Gasteiger partial charge in [0.2, 0.25) is 0 Å². The molecule has 35 heavy (non-hydrogen) atoms. The van der Waals surface area contributed by atoms with E-state index in [0.717, 1.165) is 22.9 Å². The number of hydrogen-bond donors (Lipinski definition) is 0. The molecule has 0 N–H and O–H groups in total. The lowest BCUT2D eigenvalue weighted by Gasteiger charge is -2.41. The summed E-state index contributed by atoms with van der Waals surface area (Å²) in [4.78, 5) is 4.81. The Labute approximate surface area is 220 Å². The van der Waals surface area contributed by atoms with Crippen molar-refractivity contribution in [3.05, 3.63) is 77.4 Å². The minimum Gasteiger partial charge on any atom is -0.255 e. The fraction of sp³-hybridized carbons (Fsp3) is 0.364. The van der Waals surface area contributed by atoms with Gasteiger partial charge in [-0.25, -0.2) is 0 Å². The predicted molar refractivity (Wildman–Crippen MR) is 154 cm³/mol. The van der Waals surface area contributed by atoms with Gasteiger partial charge in [-0.2, -0.15) is 0 Å². The first-order valence-corrected chi connectivity index (χ1v) is 13.3. The SMILES string of the molecule is [2H]c1c([2H])c([2H])c2c(C(C)(C)C)c([2H])c(-c3nccc4c3sc3cc5c(cc34)C(C)(C)CCC5(C)C)cc2c1[2H]. The van der Waals surface area contributed by atoms with Gasteiger partial charge < -0.3 is 0 Å². The molecule has 0 amide bonds. The fourth-order valence-electron chi connectivity index (χ4n) is 5.65. The molecule has 0 fully saturated rings. The summed E-state index contributed by atoms with van der Waals surface area (Å²) < 4.78 is 45.6. The van der Waals surface area contributed by atoms with Crippen LogP contribution < -0.4 is 0 Å². The van der Waals surface area contributed by atoms with Gasteiger partial charge in [0.05, 0.1) is 17.2 Å². The molecule has 0 saturated carbocycles. The van der Waals surface area contributed by atoms with Gasteiger partial charge in [0.15, 0.2) is 0 Å². The first-order valence-electron chi connectivity index (χ1n) is 15.0. The van der Waals surface area contributed by atoms with Crippen LogP contribution in [0.5, 0.6) is 0 Å². The van der Waals surface area contributed by atoms with Crippen molar-refractivity contribution in [1.29, 1.82) is 0 Å². The van der Waals surface area contributed by atoms with Crippen molar-refractivity contribution in [2.75, 3.05) is 0 Å². The molecule has 0 unspecified atom stereocenters. The van der Waals surface area contributed by atoms with Crippen LogP contribution in [0.3, 0.4) is 0 Å². The van der Waals surface area contributed by atoms with E-state index in [1.54, 1.807) is 23.6 Å². The van der Waals surface area contributed by atoms with Crippen LogP contribution in [-0.2, 0) is 16.2 Å². The molecule has 0 radical (unpaired) electrons. The largest absolute Gasteiger partial charge is 0.255 e. The van der Waals surface area contributed by atoms with E-state index in [1.807, 2.05) is 20.8 Å². The normalized spacial score (nSPS) is 19.2. The van der Waals surface area contributed by atoms with Gasteiger partial charge in [-0.05, 0) is 86.9 Å². The summed E-state index contributed by atoms with van der Waals surface area (Å²) in [6, 6.07) is 8.14. The second-order valence-electron chi connectivity index (χ2n) is 12.4. The van der Waals surface area contributed by atoms with Crippen molar-refractivity contribution in [2.45, 2.75) is 77.6 Å². The Balaban J connectivity index is 1.72. The van der Waals surface area contributed by atoms with Crippen molar-refractivity contribution in [3.63, 3.8) is 0 Å². The highest BCUT2D eigenvalue weighted by molar-refractivity contribution is 7.26. The number of nitrogens with zero attached hydrogens (tertiary/aromatic N) is 1. The van der Waals surface area contributed by atoms with E-state index in [0.29, 0.717) is 27.6 Å². The highest BCUT2D eigenvalue weighted by Gasteiger charge is 2.37. The quantitative estimate of drug-likeness (QED) is 0.232. The second-order valence-corrected chi connectivity index (χ2v) is 13.4. The Kier molecular flexibility index (Phi) is 3.74. The Morgan fingerprint density at radius 1 is 0.886 bits per heavy atom. The second kappa shape index (κ2) is 7.40. The zero-order valence-electron chi connectivity index (χ0n) is 26.7. The molecular weight excluding hydrogens is 442 g/mol. The molecule has 5 aromatic rings. The average Bonchev–Trinajstić information content (AvgIpc) is 3.25. The Morgan fingerprint density at radius 3 is 2.29 bits per heavy atom. The maximum Gasteiger partial charge on any atom is 0.0880 e. The van der Waals surface area contributed by atoms with Crippen molar-refractivity contribution in [1.82, 2.24) is 4.98 Å². The number of rotatable bonds is 1. The average molecular weight is 483 g/mol. The molecule has 2 heterocycles. The zero-order valence-corrected chi connectivity index (χ0v) is 22.5. The first kappa shape index (κ1) is 17.7. The van der Waals surface area contributed by atoms with Crippen molar-refractivity contribution in [3.8, 4) is 11.3 Å². The van der Waals surface area contributed by atoms with E-state index in [9.17, 15) is 1.37 Å². The van der Waals surface area contributed by atoms with Crippen molar-refractivity contribution >= 4 is 42.3 Å². The summed E-state index contributed by atoms with van der Waals surface area (Å²) in [6.45, 7) is 15.3. The third-order valence-electron chi connectivity index (χ3n) is 7.88. The first-order chi connectivity index (χ1) is 18.5. The van der Waals surface area contributed by atoms with E-state index in [4.69, 9.17) is 10.5 Å². The van der Waals surface area contributed by atoms with Crippen LogP contribution in [0.25, 0.3) is 42.2 Å². The van der Waals surface area contributed by atoms with Gasteiger partial charge in [0.25, 0.3) is 0 Å². The lowest BCUT2D eigenvalue weighted by molar-refractivity contribution is 0.332. The van der Waals surface area contributed by atoms with Crippen LogP contribution in [0.1, 0.15) is 84.9 Å². The molecule has 0 saturated heterocycles. The zero-order chi connectivity index (χ0) is 29.1. The number of pyridine rings is 1. The number of fused-ring (bicyclic) bond motifs is 5. The summed E-state index contributed by atoms with van der Waals surface area (Å²) in [5.74, 6) is 0. The Hall–Kier alpha value is -2.71. The van der Waals surface area contributed by atoms with Crippen LogP contribution >= 0.6 is 11.3 Å². The summed E-state index contributed by atoms with van der Waals surface area (Å²) in [5.41, 5.74) is 4.42. The third-order valence-corrected chi connectivity index (χ3v) is 9.05. The predicted octanol–water partition coefficient (Wildman–Crippen LogP) is 9.92. The van der Waals surface area contributed by atoms with Gasteiger partial charge in [0.1, 0.15) is 0 Å². The smallest absolute Gasteiger partial charge is 0.0880 e. The monoisotopic (exact) mass is 482 g/mol. The third kappa shape index (κ3) is 3.52. The topological polar surface area (TPSA) is 12.9 Å². The maximum atomic E-state index is 9.38. The molecule has 0 spiro atoms. The summed E-state index contributed by atoms with van der Waals surface area (Å²) in [7, 11) is 0.